The van der Waals surface area contributed by atoms with E-state index < -0.39 is 48.8 Å². The van der Waals surface area contributed by atoms with Gasteiger partial charge in [0.1, 0.15) is 47.2 Å². The summed E-state index contributed by atoms with van der Waals surface area (Å²) >= 11 is 0. The fourth-order valence-corrected chi connectivity index (χ4v) is 3.43. The summed E-state index contributed by atoms with van der Waals surface area (Å²) in [6.07, 6.45) is -6.51. The summed E-state index contributed by atoms with van der Waals surface area (Å²) in [5, 5.41) is 68.4. The number of ketones is 1. The van der Waals surface area contributed by atoms with Crippen LogP contribution in [0.1, 0.15) is 15.9 Å². The maximum atomic E-state index is 12.9. The zero-order valence-corrected chi connectivity index (χ0v) is 16.3. The van der Waals surface area contributed by atoms with E-state index in [1.165, 1.54) is 30.3 Å². The number of ether oxygens (including phenoxy) is 3. The second-order valence-corrected chi connectivity index (χ2v) is 7.32. The molecular formula is C21H20O11. The molecule has 0 unspecified atom stereocenters. The Labute approximate surface area is 180 Å². The fourth-order valence-electron chi connectivity index (χ4n) is 3.43. The monoisotopic (exact) mass is 448 g/mol. The number of phenols is 3. The number of carbonyl (C=O) groups excluding carboxylic acids is 1. The molecule has 0 radical (unpaired) electrons. The van der Waals surface area contributed by atoms with E-state index in [9.17, 15) is 40.5 Å². The van der Waals surface area contributed by atoms with Crippen molar-refractivity contribution in [1.29, 1.82) is 0 Å². The van der Waals surface area contributed by atoms with Gasteiger partial charge in [-0.2, -0.15) is 0 Å². The lowest BCUT2D eigenvalue weighted by Crippen LogP contribution is -2.60. The number of phenolic OH excluding ortho intramolecular Hbond substituents is 3. The van der Waals surface area contributed by atoms with Crippen molar-refractivity contribution in [2.24, 2.45) is 0 Å². The highest BCUT2D eigenvalue weighted by Gasteiger charge is 2.45. The van der Waals surface area contributed by atoms with Gasteiger partial charge in [0, 0.05) is 12.1 Å². The van der Waals surface area contributed by atoms with Gasteiger partial charge >= 0.3 is 0 Å². The molecule has 0 aliphatic carbocycles. The number of hydrogen-bond donors (Lipinski definition) is 7. The summed E-state index contributed by atoms with van der Waals surface area (Å²) in [7, 11) is 0. The van der Waals surface area contributed by atoms with Gasteiger partial charge in [-0.15, -0.1) is 0 Å². The number of rotatable bonds is 4. The molecule has 2 aromatic carbocycles. The van der Waals surface area contributed by atoms with Crippen LogP contribution in [0.2, 0.25) is 0 Å². The lowest BCUT2D eigenvalue weighted by molar-refractivity contribution is -0.277. The number of fused-ring (bicyclic) bond motifs is 1. The Morgan fingerprint density at radius 2 is 1.72 bits per heavy atom. The molecule has 11 nitrogen and oxygen atoms in total. The molecule has 0 amide bonds. The molecule has 170 valence electrons. The minimum absolute atomic E-state index is 0.0520. The SMILES string of the molecule is O=C1/C(=C/c2ccc(O)c(O)c2)Oc2cc(O)cc(O[C@H]3O[C@H](CO)[C@@H](O)[C@H](O)[C@H]3O)c21. The molecule has 4 rings (SSSR count). The Kier molecular flexibility index (Phi) is 5.67. The molecule has 7 N–H and O–H groups in total. The molecule has 5 atom stereocenters. The van der Waals surface area contributed by atoms with E-state index >= 15 is 0 Å². The Morgan fingerprint density at radius 1 is 0.969 bits per heavy atom. The van der Waals surface area contributed by atoms with Crippen LogP contribution in [-0.4, -0.2) is 78.8 Å². The highest BCUT2D eigenvalue weighted by atomic mass is 16.7. The smallest absolute Gasteiger partial charge is 0.235 e. The minimum Gasteiger partial charge on any atom is -0.508 e. The van der Waals surface area contributed by atoms with Crippen molar-refractivity contribution < 1.29 is 54.8 Å². The molecule has 32 heavy (non-hydrogen) atoms. The summed E-state index contributed by atoms with van der Waals surface area (Å²) in [6, 6.07) is 6.13. The van der Waals surface area contributed by atoms with Crippen molar-refractivity contribution in [2.45, 2.75) is 30.7 Å². The molecule has 0 saturated carbocycles. The van der Waals surface area contributed by atoms with Gasteiger partial charge in [-0.05, 0) is 23.8 Å². The quantitative estimate of drug-likeness (QED) is 0.238. The zero-order valence-electron chi connectivity index (χ0n) is 16.3. The van der Waals surface area contributed by atoms with Gasteiger partial charge in [0.05, 0.1) is 6.61 Å². The lowest BCUT2D eigenvalue weighted by atomic mass is 9.99. The molecule has 1 saturated heterocycles. The Balaban J connectivity index is 1.65. The van der Waals surface area contributed by atoms with Crippen LogP contribution in [0.25, 0.3) is 6.08 Å². The summed E-state index contributed by atoms with van der Waals surface area (Å²) in [4.78, 5) is 12.9. The number of benzene rings is 2. The third-order valence-electron chi connectivity index (χ3n) is 5.11. The third-order valence-corrected chi connectivity index (χ3v) is 5.11. The van der Waals surface area contributed by atoms with Crippen molar-refractivity contribution in [3.05, 3.63) is 47.2 Å². The highest BCUT2D eigenvalue weighted by molar-refractivity contribution is 6.16. The predicted molar refractivity (Wildman–Crippen MR) is 105 cm³/mol. The number of carbonyl (C=O) groups is 1. The van der Waals surface area contributed by atoms with Crippen molar-refractivity contribution in [3.8, 4) is 28.7 Å². The molecular weight excluding hydrogens is 428 g/mol. The van der Waals surface area contributed by atoms with Gasteiger partial charge in [-0.1, -0.05) is 6.07 Å². The van der Waals surface area contributed by atoms with E-state index in [0.717, 1.165) is 6.07 Å². The van der Waals surface area contributed by atoms with E-state index in [4.69, 9.17) is 14.2 Å². The van der Waals surface area contributed by atoms with Crippen LogP contribution in [0.3, 0.4) is 0 Å². The molecule has 2 heterocycles. The maximum Gasteiger partial charge on any atom is 0.235 e. The van der Waals surface area contributed by atoms with Crippen LogP contribution in [0.4, 0.5) is 0 Å². The average Bonchev–Trinajstić information content (AvgIpc) is 3.06. The van der Waals surface area contributed by atoms with Crippen molar-refractivity contribution in [2.75, 3.05) is 6.61 Å². The van der Waals surface area contributed by atoms with Crippen LogP contribution >= 0.6 is 0 Å². The summed E-state index contributed by atoms with van der Waals surface area (Å²) in [5.74, 6) is -2.17. The molecule has 2 aliphatic rings. The first kappa shape index (κ1) is 21.9. The predicted octanol–water partition coefficient (Wildman–Crippen LogP) is -0.402. The van der Waals surface area contributed by atoms with Gasteiger partial charge in [0.25, 0.3) is 0 Å². The lowest BCUT2D eigenvalue weighted by Gasteiger charge is -2.39. The number of allylic oxidation sites excluding steroid dienone is 1. The van der Waals surface area contributed by atoms with Crippen LogP contribution < -0.4 is 9.47 Å². The van der Waals surface area contributed by atoms with E-state index in [2.05, 4.69) is 0 Å². The van der Waals surface area contributed by atoms with Gasteiger partial charge in [-0.25, -0.2) is 0 Å². The van der Waals surface area contributed by atoms with Gasteiger partial charge in [0.2, 0.25) is 12.1 Å². The molecule has 11 heteroatoms. The van der Waals surface area contributed by atoms with Gasteiger partial charge in [0.15, 0.2) is 17.3 Å². The topological polar surface area (TPSA) is 186 Å². The van der Waals surface area contributed by atoms with Gasteiger partial charge in [-0.3, -0.25) is 4.79 Å². The first-order chi connectivity index (χ1) is 15.2. The van der Waals surface area contributed by atoms with E-state index in [1.54, 1.807) is 0 Å². The van der Waals surface area contributed by atoms with Crippen molar-refractivity contribution in [1.82, 2.24) is 0 Å². The zero-order chi connectivity index (χ0) is 23.2. The number of Topliss-reactive ketones (excluding diaryl/α,β-unsaturated/α-hetero) is 1. The average molecular weight is 448 g/mol. The van der Waals surface area contributed by atoms with E-state index in [-0.39, 0.29) is 34.3 Å². The van der Waals surface area contributed by atoms with Crippen LogP contribution in [0.5, 0.6) is 28.7 Å². The van der Waals surface area contributed by atoms with E-state index in [0.29, 0.717) is 5.56 Å². The normalized spacial score (nSPS) is 28.4. The standard InChI is InChI=1S/C21H20O11/c22-7-15-18(27)19(28)20(29)21(32-15)31-13-6-9(23)5-12-16(13)17(26)14(30-12)4-8-1-2-10(24)11(25)3-8/h1-6,15,18-25,27-29H,7H2/b14-4-/t15-,18-,19+,20-,21+/m1/s1. The molecule has 0 bridgehead atoms. The molecule has 2 aliphatic heterocycles. The van der Waals surface area contributed by atoms with Crippen molar-refractivity contribution in [3.63, 3.8) is 0 Å². The molecule has 2 aromatic rings. The fraction of sp³-hybridized carbons (Fsp3) is 0.286. The summed E-state index contributed by atoms with van der Waals surface area (Å²) in [6.45, 7) is -0.669. The highest BCUT2D eigenvalue weighted by Crippen LogP contribution is 2.42. The van der Waals surface area contributed by atoms with Crippen LogP contribution in [0.15, 0.2) is 36.1 Å². The Hall–Kier alpha value is -3.35. The number of hydrogen-bond acceptors (Lipinski definition) is 11. The minimum atomic E-state index is -1.72. The number of aliphatic hydroxyl groups is 4. The van der Waals surface area contributed by atoms with Crippen molar-refractivity contribution >= 4 is 11.9 Å². The largest absolute Gasteiger partial charge is 0.508 e. The first-order valence-electron chi connectivity index (χ1n) is 9.50. The van der Waals surface area contributed by atoms with Gasteiger partial charge < -0.3 is 50.0 Å². The Morgan fingerprint density at radius 3 is 2.41 bits per heavy atom. The Bertz CT molecular complexity index is 1080. The number of aliphatic hydroxyl groups excluding tert-OH is 4. The first-order valence-corrected chi connectivity index (χ1v) is 9.50. The second kappa shape index (κ2) is 8.30. The number of aromatic hydroxyl groups is 3. The van der Waals surface area contributed by atoms with Crippen LogP contribution in [-0.2, 0) is 4.74 Å². The summed E-state index contributed by atoms with van der Waals surface area (Å²) < 4.78 is 16.3. The summed E-state index contributed by atoms with van der Waals surface area (Å²) in [5.41, 5.74) is 0.242. The second-order valence-electron chi connectivity index (χ2n) is 7.32. The molecule has 0 aromatic heterocycles. The molecule has 0 spiro atoms. The molecule has 1 fully saturated rings. The third kappa shape index (κ3) is 3.83. The van der Waals surface area contributed by atoms with E-state index in [1.807, 2.05) is 0 Å². The maximum absolute atomic E-state index is 12.9. The van der Waals surface area contributed by atoms with Crippen LogP contribution in [0, 0.1) is 0 Å².